The van der Waals surface area contributed by atoms with Gasteiger partial charge in [-0.05, 0) is 6.42 Å². The smallest absolute Gasteiger partial charge is 0.0825 e. The van der Waals surface area contributed by atoms with Crippen LogP contribution in [0, 0.1) is 0 Å². The molecule has 0 radical (unpaired) electrons. The van der Waals surface area contributed by atoms with Gasteiger partial charge in [0.15, 0.2) is 0 Å². The molecule has 0 aromatic carbocycles. The number of aliphatic imine (C=N–C) groups is 1. The number of hydrogen-bond donors (Lipinski definition) is 1. The van der Waals surface area contributed by atoms with Crippen molar-refractivity contribution in [2.45, 2.75) is 6.42 Å². The molecule has 2 nitrogen and oxygen atoms in total. The van der Waals surface area contributed by atoms with Gasteiger partial charge in [-0.2, -0.15) is 0 Å². The zero-order valence-corrected chi connectivity index (χ0v) is 6.21. The van der Waals surface area contributed by atoms with Gasteiger partial charge >= 0.3 is 0 Å². The van der Waals surface area contributed by atoms with Gasteiger partial charge in [-0.15, -0.1) is 13.2 Å². The summed E-state index contributed by atoms with van der Waals surface area (Å²) in [5, 5.41) is 2.93. The lowest BCUT2D eigenvalue weighted by molar-refractivity contribution is 0.965. The van der Waals surface area contributed by atoms with Crippen LogP contribution in [-0.4, -0.2) is 19.4 Å². The summed E-state index contributed by atoms with van der Waals surface area (Å²) in [4.78, 5) is 3.85. The van der Waals surface area contributed by atoms with Crippen LogP contribution in [-0.2, 0) is 0 Å². The summed E-state index contributed by atoms with van der Waals surface area (Å²) < 4.78 is 0. The summed E-state index contributed by atoms with van der Waals surface area (Å²) in [6.45, 7) is 8.94. The molecule has 1 N–H and O–H groups in total. The van der Waals surface area contributed by atoms with Crippen molar-refractivity contribution in [2.75, 3.05) is 13.1 Å². The average Bonchev–Trinajstić information content (AvgIpc) is 2.44. The molecule has 0 bridgehead atoms. The summed E-state index contributed by atoms with van der Waals surface area (Å²) in [6.07, 6.45) is 6.28. The Morgan fingerprint density at radius 3 is 2.30 bits per heavy atom. The maximum atomic E-state index is 3.85. The van der Waals surface area contributed by atoms with Crippen molar-refractivity contribution >= 4 is 6.34 Å². The third-order valence-corrected chi connectivity index (χ3v) is 0.901. The molecule has 0 saturated carbocycles. The fourth-order valence-electron chi connectivity index (χ4n) is 0.441. The minimum absolute atomic E-state index is 0.917. The molecule has 0 aromatic heterocycles. The summed E-state index contributed by atoms with van der Waals surface area (Å²) in [6, 6.07) is 0. The average molecular weight is 138 g/mol. The first-order valence-corrected chi connectivity index (χ1v) is 3.35. The van der Waals surface area contributed by atoms with E-state index in [-0.39, 0.29) is 0 Å². The Morgan fingerprint density at radius 1 is 1.50 bits per heavy atom. The Kier molecular flexibility index (Phi) is 7.12. The molecular weight excluding hydrogens is 124 g/mol. The van der Waals surface area contributed by atoms with Gasteiger partial charge in [-0.1, -0.05) is 12.2 Å². The fraction of sp³-hybridized carbons (Fsp3) is 0.375. The van der Waals surface area contributed by atoms with Crippen molar-refractivity contribution in [1.29, 1.82) is 0 Å². The molecule has 0 unspecified atom stereocenters. The predicted octanol–water partition coefficient (Wildman–Crippen LogP) is 1.37. The molecule has 0 fully saturated rings. The zero-order valence-electron chi connectivity index (χ0n) is 6.21. The van der Waals surface area contributed by atoms with E-state index in [1.54, 1.807) is 6.34 Å². The normalized spacial score (nSPS) is 12.8. The maximum Gasteiger partial charge on any atom is 0.0825 e. The first-order chi connectivity index (χ1) is 4.91. The second-order valence-corrected chi connectivity index (χ2v) is 1.80. The Balaban J connectivity index is 0.000000162. The number of allylic oxidation sites excluding steroid dienone is 2. The highest BCUT2D eigenvalue weighted by Gasteiger charge is 1.82. The molecule has 0 amide bonds. The second-order valence-electron chi connectivity index (χ2n) is 1.80. The van der Waals surface area contributed by atoms with Crippen molar-refractivity contribution in [1.82, 2.24) is 5.32 Å². The van der Waals surface area contributed by atoms with Crippen LogP contribution in [0.15, 0.2) is 30.3 Å². The van der Waals surface area contributed by atoms with Crippen LogP contribution >= 0.6 is 0 Å². The van der Waals surface area contributed by atoms with Gasteiger partial charge in [0.2, 0.25) is 0 Å². The zero-order chi connectivity index (χ0) is 7.66. The molecule has 0 saturated heterocycles. The highest BCUT2D eigenvalue weighted by atomic mass is 15.0. The lowest BCUT2D eigenvalue weighted by atomic mass is 10.4. The van der Waals surface area contributed by atoms with Gasteiger partial charge in [-0.25, -0.2) is 0 Å². The van der Waals surface area contributed by atoms with E-state index in [0.717, 1.165) is 19.5 Å². The number of nitrogens with one attached hydrogen (secondary N) is 1. The summed E-state index contributed by atoms with van der Waals surface area (Å²) in [5.74, 6) is 0. The van der Waals surface area contributed by atoms with Gasteiger partial charge in [0.25, 0.3) is 0 Å². The van der Waals surface area contributed by atoms with E-state index in [1.165, 1.54) is 0 Å². The molecule has 1 aliphatic rings. The van der Waals surface area contributed by atoms with Crippen LogP contribution in [0.5, 0.6) is 0 Å². The van der Waals surface area contributed by atoms with Gasteiger partial charge in [0, 0.05) is 6.54 Å². The molecular formula is C8H14N2. The SMILES string of the molecule is C1=NCCN1.C=CCC=C. The quantitative estimate of drug-likeness (QED) is 0.572. The lowest BCUT2D eigenvalue weighted by Crippen LogP contribution is -2.04. The molecule has 1 aliphatic heterocycles. The van der Waals surface area contributed by atoms with Gasteiger partial charge in [-0.3, -0.25) is 4.99 Å². The molecule has 10 heavy (non-hydrogen) atoms. The lowest BCUT2D eigenvalue weighted by Gasteiger charge is -1.75. The predicted molar refractivity (Wildman–Crippen MR) is 46.4 cm³/mol. The van der Waals surface area contributed by atoms with Crippen LogP contribution < -0.4 is 5.32 Å². The molecule has 1 rings (SSSR count). The highest BCUT2D eigenvalue weighted by Crippen LogP contribution is 1.73. The third-order valence-electron chi connectivity index (χ3n) is 0.901. The molecule has 0 aliphatic carbocycles. The van der Waals surface area contributed by atoms with Crippen molar-refractivity contribution in [2.24, 2.45) is 4.99 Å². The van der Waals surface area contributed by atoms with Crippen LogP contribution in [0.1, 0.15) is 6.42 Å². The Hall–Kier alpha value is -1.05. The summed E-state index contributed by atoms with van der Waals surface area (Å²) >= 11 is 0. The van der Waals surface area contributed by atoms with Gasteiger partial charge < -0.3 is 5.32 Å². The van der Waals surface area contributed by atoms with E-state index in [4.69, 9.17) is 0 Å². The standard InChI is InChI=1S/C5H8.C3H6N2/c1-3-5-4-2;1-2-5-3-4-1/h3-4H,1-2,5H2;3H,1-2H2,(H,4,5). The third kappa shape index (κ3) is 6.95. The van der Waals surface area contributed by atoms with Gasteiger partial charge in [0.05, 0.1) is 12.9 Å². The number of rotatable bonds is 2. The second kappa shape index (κ2) is 7.95. The van der Waals surface area contributed by atoms with E-state index >= 15 is 0 Å². The molecule has 56 valence electrons. The first kappa shape index (κ1) is 8.95. The van der Waals surface area contributed by atoms with Crippen molar-refractivity contribution in [3.8, 4) is 0 Å². The summed E-state index contributed by atoms with van der Waals surface area (Å²) in [5.41, 5.74) is 0. The Morgan fingerprint density at radius 2 is 2.20 bits per heavy atom. The molecule has 0 spiro atoms. The van der Waals surface area contributed by atoms with E-state index < -0.39 is 0 Å². The van der Waals surface area contributed by atoms with E-state index in [2.05, 4.69) is 23.5 Å². The van der Waals surface area contributed by atoms with Crippen LogP contribution in [0.2, 0.25) is 0 Å². The molecule has 1 heterocycles. The van der Waals surface area contributed by atoms with Crippen LogP contribution in [0.4, 0.5) is 0 Å². The number of hydrogen-bond acceptors (Lipinski definition) is 2. The Bertz CT molecular complexity index is 104. The van der Waals surface area contributed by atoms with Crippen molar-refractivity contribution in [3.63, 3.8) is 0 Å². The minimum atomic E-state index is 0.917. The molecule has 0 atom stereocenters. The summed E-state index contributed by atoms with van der Waals surface area (Å²) in [7, 11) is 0. The fourth-order valence-corrected chi connectivity index (χ4v) is 0.441. The van der Waals surface area contributed by atoms with Gasteiger partial charge in [0.1, 0.15) is 0 Å². The minimum Gasteiger partial charge on any atom is -0.375 e. The van der Waals surface area contributed by atoms with Crippen molar-refractivity contribution in [3.05, 3.63) is 25.3 Å². The van der Waals surface area contributed by atoms with E-state index in [0.29, 0.717) is 0 Å². The van der Waals surface area contributed by atoms with Crippen LogP contribution in [0.3, 0.4) is 0 Å². The maximum absolute atomic E-state index is 3.85. The van der Waals surface area contributed by atoms with E-state index in [1.807, 2.05) is 12.2 Å². The van der Waals surface area contributed by atoms with Crippen LogP contribution in [0.25, 0.3) is 0 Å². The van der Waals surface area contributed by atoms with Crippen molar-refractivity contribution < 1.29 is 0 Å². The van der Waals surface area contributed by atoms with E-state index in [9.17, 15) is 0 Å². The monoisotopic (exact) mass is 138 g/mol. The Labute approximate surface area is 62.4 Å². The first-order valence-electron chi connectivity index (χ1n) is 3.35. The highest BCUT2D eigenvalue weighted by molar-refractivity contribution is 5.56. The topological polar surface area (TPSA) is 24.4 Å². The molecule has 2 heteroatoms. The largest absolute Gasteiger partial charge is 0.375 e. The molecule has 0 aromatic rings. The number of nitrogens with zero attached hydrogens (tertiary/aromatic N) is 1.